The van der Waals surface area contributed by atoms with Gasteiger partial charge in [0.25, 0.3) is 0 Å². The summed E-state index contributed by atoms with van der Waals surface area (Å²) < 4.78 is 0. The van der Waals surface area contributed by atoms with Crippen molar-refractivity contribution in [1.29, 1.82) is 0 Å². The van der Waals surface area contributed by atoms with Gasteiger partial charge in [-0.05, 0) is 24.7 Å². The van der Waals surface area contributed by atoms with E-state index < -0.39 is 0 Å². The topological polar surface area (TPSA) is 20.2 Å². The van der Waals surface area contributed by atoms with E-state index in [9.17, 15) is 5.11 Å². The molecule has 0 amide bonds. The Kier molecular flexibility index (Phi) is 4.71. The molecule has 0 aromatic heterocycles. The molecule has 0 aliphatic carbocycles. The third-order valence-corrected chi connectivity index (χ3v) is 1.29. The van der Waals surface area contributed by atoms with E-state index in [2.05, 4.69) is 0 Å². The maximum absolute atomic E-state index is 9.35. The van der Waals surface area contributed by atoms with Crippen LogP contribution in [0.2, 0.25) is 0 Å². The normalized spacial score (nSPS) is 12.0. The van der Waals surface area contributed by atoms with Gasteiger partial charge in [0, 0.05) is 0 Å². The third-order valence-electron chi connectivity index (χ3n) is 1.29. The SMILES string of the molecule is C[C](C)CC(O)C[C](C)C. The van der Waals surface area contributed by atoms with Gasteiger partial charge in [0.15, 0.2) is 0 Å². The van der Waals surface area contributed by atoms with Crippen LogP contribution in [0.4, 0.5) is 0 Å². The highest BCUT2D eigenvalue weighted by Gasteiger charge is 2.08. The first-order chi connectivity index (χ1) is 4.52. The fraction of sp³-hybridized carbons (Fsp3) is 0.778. The van der Waals surface area contributed by atoms with E-state index >= 15 is 0 Å². The summed E-state index contributed by atoms with van der Waals surface area (Å²) in [5.74, 6) is 2.60. The van der Waals surface area contributed by atoms with Crippen molar-refractivity contribution in [2.45, 2.75) is 46.6 Å². The average Bonchev–Trinajstić information content (AvgIpc) is 1.58. The summed E-state index contributed by atoms with van der Waals surface area (Å²) >= 11 is 0. The summed E-state index contributed by atoms with van der Waals surface area (Å²) in [5, 5.41) is 9.35. The van der Waals surface area contributed by atoms with Crippen LogP contribution in [0.25, 0.3) is 0 Å². The molecular weight excluding hydrogens is 124 g/mol. The minimum absolute atomic E-state index is 0.157. The van der Waals surface area contributed by atoms with Gasteiger partial charge < -0.3 is 5.11 Å². The van der Waals surface area contributed by atoms with Gasteiger partial charge in [0.05, 0.1) is 6.10 Å². The Morgan fingerprint density at radius 1 is 1.00 bits per heavy atom. The van der Waals surface area contributed by atoms with Crippen molar-refractivity contribution >= 4 is 0 Å². The molecule has 0 bridgehead atoms. The zero-order valence-electron chi connectivity index (χ0n) is 7.44. The van der Waals surface area contributed by atoms with Gasteiger partial charge in [0.1, 0.15) is 0 Å². The minimum Gasteiger partial charge on any atom is -0.393 e. The van der Waals surface area contributed by atoms with E-state index in [0.717, 1.165) is 12.8 Å². The van der Waals surface area contributed by atoms with E-state index in [0.29, 0.717) is 0 Å². The molecule has 0 aromatic carbocycles. The molecule has 1 heteroatoms. The maximum atomic E-state index is 9.35. The summed E-state index contributed by atoms with van der Waals surface area (Å²) in [5.41, 5.74) is 0. The van der Waals surface area contributed by atoms with Crippen molar-refractivity contribution in [3.63, 3.8) is 0 Å². The molecule has 0 aliphatic heterocycles. The standard InChI is InChI=1S/C9H18O/c1-7(2)5-9(10)6-8(3)4/h9-10H,5-6H2,1-4H3. The molecule has 0 aromatic rings. The summed E-state index contributed by atoms with van der Waals surface area (Å²) in [6.45, 7) is 8.20. The van der Waals surface area contributed by atoms with Crippen LogP contribution < -0.4 is 0 Å². The lowest BCUT2D eigenvalue weighted by Crippen LogP contribution is -2.11. The van der Waals surface area contributed by atoms with Gasteiger partial charge >= 0.3 is 0 Å². The molecule has 0 rings (SSSR count). The molecule has 0 fully saturated rings. The molecular formula is C9H18O. The molecule has 0 saturated heterocycles. The first-order valence-corrected chi connectivity index (χ1v) is 3.78. The number of aliphatic hydroxyl groups is 1. The lowest BCUT2D eigenvalue weighted by atomic mass is 9.98. The van der Waals surface area contributed by atoms with Crippen molar-refractivity contribution in [3.8, 4) is 0 Å². The van der Waals surface area contributed by atoms with Gasteiger partial charge in [-0.15, -0.1) is 0 Å². The number of hydrogen-bond acceptors (Lipinski definition) is 1. The Morgan fingerprint density at radius 3 is 1.50 bits per heavy atom. The second-order valence-corrected chi connectivity index (χ2v) is 3.48. The lowest BCUT2D eigenvalue weighted by molar-refractivity contribution is 0.163. The van der Waals surface area contributed by atoms with Crippen molar-refractivity contribution in [1.82, 2.24) is 0 Å². The van der Waals surface area contributed by atoms with Crippen LogP contribution in [0.3, 0.4) is 0 Å². The van der Waals surface area contributed by atoms with Gasteiger partial charge in [-0.25, -0.2) is 0 Å². The Balaban J connectivity index is 3.34. The van der Waals surface area contributed by atoms with Gasteiger partial charge in [0.2, 0.25) is 0 Å². The van der Waals surface area contributed by atoms with Crippen molar-refractivity contribution in [2.24, 2.45) is 0 Å². The molecule has 0 atom stereocenters. The Bertz CT molecular complexity index is 66.8. The Morgan fingerprint density at radius 2 is 1.30 bits per heavy atom. The van der Waals surface area contributed by atoms with Gasteiger partial charge in [-0.2, -0.15) is 0 Å². The molecule has 60 valence electrons. The second-order valence-electron chi connectivity index (χ2n) is 3.48. The Hall–Kier alpha value is -0.0400. The first-order valence-electron chi connectivity index (χ1n) is 3.78. The average molecular weight is 142 g/mol. The quantitative estimate of drug-likeness (QED) is 0.639. The predicted molar refractivity (Wildman–Crippen MR) is 44.4 cm³/mol. The highest BCUT2D eigenvalue weighted by Crippen LogP contribution is 2.14. The fourth-order valence-electron chi connectivity index (χ4n) is 1.01. The van der Waals surface area contributed by atoms with E-state index in [-0.39, 0.29) is 6.10 Å². The van der Waals surface area contributed by atoms with E-state index in [1.165, 1.54) is 11.8 Å². The van der Waals surface area contributed by atoms with E-state index in [1.807, 2.05) is 27.7 Å². The summed E-state index contributed by atoms with van der Waals surface area (Å²) in [7, 11) is 0. The molecule has 0 spiro atoms. The fourth-order valence-corrected chi connectivity index (χ4v) is 1.01. The molecule has 0 unspecified atom stereocenters. The van der Waals surface area contributed by atoms with Crippen LogP contribution in [0, 0.1) is 11.8 Å². The van der Waals surface area contributed by atoms with Crippen molar-refractivity contribution in [3.05, 3.63) is 11.8 Å². The molecule has 1 nitrogen and oxygen atoms in total. The van der Waals surface area contributed by atoms with Crippen LogP contribution in [-0.2, 0) is 0 Å². The third kappa shape index (κ3) is 6.09. The van der Waals surface area contributed by atoms with Crippen LogP contribution >= 0.6 is 0 Å². The van der Waals surface area contributed by atoms with Gasteiger partial charge in [-0.3, -0.25) is 0 Å². The number of rotatable bonds is 4. The van der Waals surface area contributed by atoms with Crippen LogP contribution in [0.5, 0.6) is 0 Å². The van der Waals surface area contributed by atoms with Crippen LogP contribution in [-0.4, -0.2) is 11.2 Å². The number of hydrogen-bond donors (Lipinski definition) is 1. The molecule has 0 saturated carbocycles. The summed E-state index contributed by atoms with van der Waals surface area (Å²) in [6.07, 6.45) is 1.52. The first kappa shape index (κ1) is 9.96. The van der Waals surface area contributed by atoms with E-state index in [1.54, 1.807) is 0 Å². The van der Waals surface area contributed by atoms with Gasteiger partial charge in [-0.1, -0.05) is 27.7 Å². The Labute approximate surface area is 64.5 Å². The molecule has 1 N–H and O–H groups in total. The molecule has 2 radical (unpaired) electrons. The largest absolute Gasteiger partial charge is 0.393 e. The number of aliphatic hydroxyl groups excluding tert-OH is 1. The summed E-state index contributed by atoms with van der Waals surface area (Å²) in [6, 6.07) is 0. The highest BCUT2D eigenvalue weighted by molar-refractivity contribution is 4.87. The highest BCUT2D eigenvalue weighted by atomic mass is 16.3. The molecule has 0 heterocycles. The van der Waals surface area contributed by atoms with E-state index in [4.69, 9.17) is 0 Å². The van der Waals surface area contributed by atoms with Crippen molar-refractivity contribution < 1.29 is 5.11 Å². The molecule has 10 heavy (non-hydrogen) atoms. The smallest absolute Gasteiger partial charge is 0.0550 e. The second kappa shape index (κ2) is 4.73. The van der Waals surface area contributed by atoms with Crippen LogP contribution in [0.1, 0.15) is 40.5 Å². The minimum atomic E-state index is -0.157. The van der Waals surface area contributed by atoms with Crippen molar-refractivity contribution in [2.75, 3.05) is 0 Å². The zero-order valence-corrected chi connectivity index (χ0v) is 7.44. The zero-order chi connectivity index (χ0) is 8.15. The predicted octanol–water partition coefficient (Wildman–Crippen LogP) is 2.36. The van der Waals surface area contributed by atoms with Crippen LogP contribution in [0.15, 0.2) is 0 Å². The summed E-state index contributed by atoms with van der Waals surface area (Å²) in [4.78, 5) is 0. The lowest BCUT2D eigenvalue weighted by Gasteiger charge is -2.13. The monoisotopic (exact) mass is 142 g/mol. The molecule has 0 aliphatic rings. The maximum Gasteiger partial charge on any atom is 0.0550 e.